The summed E-state index contributed by atoms with van der Waals surface area (Å²) in [5, 5.41) is 13.0. The molecule has 0 spiro atoms. The Morgan fingerprint density at radius 2 is 2.00 bits per heavy atom. The first-order valence-electron chi connectivity index (χ1n) is 11.0. The van der Waals surface area contributed by atoms with Crippen LogP contribution in [0.3, 0.4) is 0 Å². The number of hydrogen-bond acceptors (Lipinski definition) is 6. The smallest absolute Gasteiger partial charge is 0.413 e. The van der Waals surface area contributed by atoms with Crippen molar-refractivity contribution in [3.05, 3.63) is 63.9 Å². The van der Waals surface area contributed by atoms with Gasteiger partial charge < -0.3 is 24.4 Å². The lowest BCUT2D eigenvalue weighted by molar-refractivity contribution is -0.132. The number of hydrogen-bond donors (Lipinski definition) is 2. The number of likely N-dealkylation sites (tertiary alicyclic amines) is 1. The Balaban J connectivity index is 1.38. The van der Waals surface area contributed by atoms with E-state index in [1.807, 2.05) is 0 Å². The number of ether oxygens (including phenoxy) is 2. The number of benzene rings is 2. The summed E-state index contributed by atoms with van der Waals surface area (Å²) in [7, 11) is 0. The van der Waals surface area contributed by atoms with Crippen molar-refractivity contribution in [2.45, 2.75) is 18.8 Å². The van der Waals surface area contributed by atoms with Crippen LogP contribution in [0.1, 0.15) is 12.0 Å². The predicted molar refractivity (Wildman–Crippen MR) is 131 cm³/mol. The largest absolute Gasteiger partial charge is 0.425 e. The molecule has 2 aliphatic rings. The molecule has 2 aliphatic heterocycles. The standard InChI is InChI=1S/C24H22Cl2FN3O6/c25-17-4-1-14(9-18(17)26)2-6-21(32)30-12-16(31)11-23(30)36-24(34)28-20-5-3-15(10-19(20)27)29-7-8-35-13-22(29)33/h1-6,9-10,16,23,31H,7-8,11-13H2,(H,28,34)/b6-2+/t16-,23-/m1/s1. The first kappa shape index (κ1) is 25.9. The van der Waals surface area contributed by atoms with Gasteiger partial charge in [0.25, 0.3) is 5.91 Å². The molecule has 12 heteroatoms. The van der Waals surface area contributed by atoms with Gasteiger partial charge in [0.2, 0.25) is 5.91 Å². The molecule has 2 aromatic rings. The van der Waals surface area contributed by atoms with Gasteiger partial charge in [-0.3, -0.25) is 14.9 Å². The van der Waals surface area contributed by atoms with Gasteiger partial charge in [-0.15, -0.1) is 0 Å². The second-order valence-corrected chi connectivity index (χ2v) is 8.95. The normalized spacial score (nSPS) is 20.2. The summed E-state index contributed by atoms with van der Waals surface area (Å²) in [5.41, 5.74) is 0.801. The highest BCUT2D eigenvalue weighted by Gasteiger charge is 2.36. The number of halogens is 3. The lowest BCUT2D eigenvalue weighted by Crippen LogP contribution is -2.41. The highest BCUT2D eigenvalue weighted by atomic mass is 35.5. The molecule has 2 aromatic carbocycles. The van der Waals surface area contributed by atoms with E-state index in [0.717, 1.165) is 6.07 Å². The minimum Gasteiger partial charge on any atom is -0.425 e. The highest BCUT2D eigenvalue weighted by molar-refractivity contribution is 6.42. The van der Waals surface area contributed by atoms with Gasteiger partial charge >= 0.3 is 6.09 Å². The van der Waals surface area contributed by atoms with Crippen molar-refractivity contribution in [2.24, 2.45) is 0 Å². The molecule has 190 valence electrons. The van der Waals surface area contributed by atoms with E-state index < -0.39 is 30.1 Å². The second kappa shape index (κ2) is 11.3. The van der Waals surface area contributed by atoms with E-state index in [1.165, 1.54) is 34.1 Å². The monoisotopic (exact) mass is 537 g/mol. The van der Waals surface area contributed by atoms with Crippen LogP contribution in [0, 0.1) is 5.82 Å². The summed E-state index contributed by atoms with van der Waals surface area (Å²) in [6, 6.07) is 8.78. The molecular weight excluding hydrogens is 516 g/mol. The van der Waals surface area contributed by atoms with Gasteiger partial charge in [-0.1, -0.05) is 29.3 Å². The fourth-order valence-electron chi connectivity index (χ4n) is 3.83. The van der Waals surface area contributed by atoms with Crippen LogP contribution in [0.25, 0.3) is 6.08 Å². The number of aliphatic hydroxyl groups excluding tert-OH is 1. The van der Waals surface area contributed by atoms with Gasteiger partial charge in [0.1, 0.15) is 12.4 Å². The van der Waals surface area contributed by atoms with Gasteiger partial charge in [0.05, 0.1) is 35.0 Å². The van der Waals surface area contributed by atoms with Crippen LogP contribution >= 0.6 is 23.2 Å². The molecule has 2 heterocycles. The van der Waals surface area contributed by atoms with Crippen molar-refractivity contribution >= 4 is 58.6 Å². The fourth-order valence-corrected chi connectivity index (χ4v) is 4.14. The van der Waals surface area contributed by atoms with Gasteiger partial charge in [0, 0.05) is 24.7 Å². The average molecular weight is 538 g/mol. The zero-order chi connectivity index (χ0) is 25.8. The number of aliphatic hydroxyl groups is 1. The SMILES string of the molecule is O=C(Nc1ccc(N2CCOCC2=O)cc1F)O[C@@H]1C[C@@H](O)CN1C(=O)/C=C/c1ccc(Cl)c(Cl)c1. The van der Waals surface area contributed by atoms with Gasteiger partial charge in [-0.2, -0.15) is 0 Å². The topological polar surface area (TPSA) is 108 Å². The summed E-state index contributed by atoms with van der Waals surface area (Å²) >= 11 is 11.9. The summed E-state index contributed by atoms with van der Waals surface area (Å²) in [5.74, 6) is -1.56. The van der Waals surface area contributed by atoms with E-state index in [4.69, 9.17) is 32.7 Å². The Kier molecular flexibility index (Phi) is 8.10. The fraction of sp³-hybridized carbons (Fsp3) is 0.292. The molecule has 0 radical (unpaired) electrons. The average Bonchev–Trinajstić information content (AvgIpc) is 3.21. The molecule has 9 nitrogen and oxygen atoms in total. The zero-order valence-electron chi connectivity index (χ0n) is 18.8. The van der Waals surface area contributed by atoms with Crippen molar-refractivity contribution in [1.82, 2.24) is 4.90 Å². The number of carbonyl (C=O) groups excluding carboxylic acids is 3. The molecule has 4 rings (SSSR count). The van der Waals surface area contributed by atoms with Crippen molar-refractivity contribution in [1.29, 1.82) is 0 Å². The Morgan fingerprint density at radius 1 is 1.19 bits per heavy atom. The quantitative estimate of drug-likeness (QED) is 0.563. The number of amides is 3. The van der Waals surface area contributed by atoms with Crippen LogP contribution in [0.5, 0.6) is 0 Å². The number of carbonyl (C=O) groups is 3. The van der Waals surface area contributed by atoms with Gasteiger partial charge in [-0.05, 0) is 42.0 Å². The third kappa shape index (κ3) is 6.14. The lowest BCUT2D eigenvalue weighted by atomic mass is 10.2. The maximum Gasteiger partial charge on any atom is 0.413 e. The molecule has 0 bridgehead atoms. The van der Waals surface area contributed by atoms with Crippen LogP contribution in [-0.2, 0) is 19.1 Å². The van der Waals surface area contributed by atoms with Crippen LogP contribution in [0.4, 0.5) is 20.6 Å². The maximum absolute atomic E-state index is 14.6. The lowest BCUT2D eigenvalue weighted by Gasteiger charge is -2.27. The Bertz CT molecular complexity index is 1210. The molecule has 3 amide bonds. The molecule has 0 unspecified atom stereocenters. The van der Waals surface area contributed by atoms with Crippen LogP contribution in [-0.4, -0.2) is 66.5 Å². The molecular formula is C24H22Cl2FN3O6. The van der Waals surface area contributed by atoms with Crippen molar-refractivity contribution in [3.8, 4) is 0 Å². The predicted octanol–water partition coefficient (Wildman–Crippen LogP) is 3.68. The first-order valence-corrected chi connectivity index (χ1v) is 11.7. The number of nitrogens with zero attached hydrogens (tertiary/aromatic N) is 2. The number of anilines is 2. The van der Waals surface area contributed by atoms with Gasteiger partial charge in [0.15, 0.2) is 6.23 Å². The highest BCUT2D eigenvalue weighted by Crippen LogP contribution is 2.26. The molecule has 2 fully saturated rings. The Labute approximate surface area is 216 Å². The van der Waals surface area contributed by atoms with Crippen LogP contribution in [0.2, 0.25) is 10.0 Å². The van der Waals surface area contributed by atoms with E-state index in [2.05, 4.69) is 5.32 Å². The van der Waals surface area contributed by atoms with Crippen molar-refractivity contribution in [3.63, 3.8) is 0 Å². The van der Waals surface area contributed by atoms with E-state index >= 15 is 0 Å². The molecule has 2 atom stereocenters. The molecule has 2 saturated heterocycles. The van der Waals surface area contributed by atoms with Gasteiger partial charge in [-0.25, -0.2) is 9.18 Å². The number of rotatable bonds is 5. The molecule has 0 aliphatic carbocycles. The van der Waals surface area contributed by atoms with E-state index in [1.54, 1.807) is 18.2 Å². The van der Waals surface area contributed by atoms with E-state index in [9.17, 15) is 23.9 Å². The summed E-state index contributed by atoms with van der Waals surface area (Å²) in [6.45, 7) is 0.503. The van der Waals surface area contributed by atoms with Crippen molar-refractivity contribution < 1.29 is 33.4 Å². The molecule has 0 saturated carbocycles. The molecule has 0 aromatic heterocycles. The summed E-state index contributed by atoms with van der Waals surface area (Å²) in [4.78, 5) is 39.7. The summed E-state index contributed by atoms with van der Waals surface area (Å²) in [6.07, 6.45) is -0.180. The van der Waals surface area contributed by atoms with E-state index in [0.29, 0.717) is 34.4 Å². The molecule has 2 N–H and O–H groups in total. The zero-order valence-corrected chi connectivity index (χ0v) is 20.3. The number of β-amino-alcohol motifs (C(OH)–C–C–N with tert-alkyl or cyclic N) is 1. The van der Waals surface area contributed by atoms with Crippen LogP contribution < -0.4 is 10.2 Å². The number of nitrogens with one attached hydrogen (secondary N) is 1. The Morgan fingerprint density at radius 3 is 2.72 bits per heavy atom. The molecule has 36 heavy (non-hydrogen) atoms. The second-order valence-electron chi connectivity index (χ2n) is 8.13. The minimum absolute atomic E-state index is 0.000333. The third-order valence-corrected chi connectivity index (χ3v) is 6.34. The first-order chi connectivity index (χ1) is 17.2. The van der Waals surface area contributed by atoms with Crippen molar-refractivity contribution in [2.75, 3.05) is 36.5 Å². The summed E-state index contributed by atoms with van der Waals surface area (Å²) < 4.78 is 25.0. The third-order valence-electron chi connectivity index (χ3n) is 5.60. The maximum atomic E-state index is 14.6. The van der Waals surface area contributed by atoms with Crippen LogP contribution in [0.15, 0.2) is 42.5 Å². The Hall–Kier alpha value is -3.18. The minimum atomic E-state index is -1.06. The number of morpholine rings is 1. The van der Waals surface area contributed by atoms with E-state index in [-0.39, 0.29) is 31.2 Å².